The quantitative estimate of drug-likeness (QED) is 0.318. The third-order valence-electron chi connectivity index (χ3n) is 4.32. The van der Waals surface area contributed by atoms with Crippen LogP contribution < -0.4 is 0 Å². The fourth-order valence-electron chi connectivity index (χ4n) is 2.71. The standard InChI is InChI=1S/C19H20Cl2N2O6S/c1-4-29-18(24)19(2,3)22(12-13-6-5-7-14(20)10-13)30(27,28)15-8-9-16(21)17(11-15)23(25)26/h5-11H,4,12H2,1-3H3. The van der Waals surface area contributed by atoms with Crippen molar-refractivity contribution in [3.8, 4) is 0 Å². The Morgan fingerprint density at radius 1 is 1.20 bits per heavy atom. The molecule has 2 aromatic rings. The number of esters is 1. The number of halogens is 2. The van der Waals surface area contributed by atoms with Gasteiger partial charge in [-0.15, -0.1) is 0 Å². The number of nitro groups is 1. The third kappa shape index (κ3) is 5.10. The van der Waals surface area contributed by atoms with Gasteiger partial charge in [0.25, 0.3) is 5.69 Å². The zero-order chi connectivity index (χ0) is 22.7. The van der Waals surface area contributed by atoms with E-state index in [-0.39, 0.29) is 23.1 Å². The van der Waals surface area contributed by atoms with Crippen molar-refractivity contribution in [1.82, 2.24) is 4.31 Å². The van der Waals surface area contributed by atoms with Gasteiger partial charge in [-0.2, -0.15) is 4.31 Å². The van der Waals surface area contributed by atoms with Crippen LogP contribution in [0.4, 0.5) is 5.69 Å². The van der Waals surface area contributed by atoms with Crippen molar-refractivity contribution >= 4 is 44.9 Å². The predicted molar refractivity (Wildman–Crippen MR) is 113 cm³/mol. The SMILES string of the molecule is CCOC(=O)C(C)(C)N(Cc1cccc(Cl)c1)S(=O)(=O)c1ccc(Cl)c([N+](=O)[O-])c1. The zero-order valence-corrected chi connectivity index (χ0v) is 18.8. The van der Waals surface area contributed by atoms with Crippen molar-refractivity contribution in [2.45, 2.75) is 37.8 Å². The van der Waals surface area contributed by atoms with E-state index in [1.165, 1.54) is 13.8 Å². The van der Waals surface area contributed by atoms with E-state index in [1.807, 2.05) is 0 Å². The summed E-state index contributed by atoms with van der Waals surface area (Å²) in [6.45, 7) is 4.24. The maximum absolute atomic E-state index is 13.5. The minimum absolute atomic E-state index is 0.0553. The highest BCUT2D eigenvalue weighted by Gasteiger charge is 2.44. The molecule has 0 bridgehead atoms. The van der Waals surface area contributed by atoms with Gasteiger partial charge in [-0.25, -0.2) is 8.42 Å². The number of rotatable bonds is 8. The van der Waals surface area contributed by atoms with Gasteiger partial charge in [0.15, 0.2) is 0 Å². The summed E-state index contributed by atoms with van der Waals surface area (Å²) in [6, 6.07) is 9.63. The third-order valence-corrected chi connectivity index (χ3v) is 6.89. The van der Waals surface area contributed by atoms with Gasteiger partial charge in [0.05, 0.1) is 16.4 Å². The van der Waals surface area contributed by atoms with Gasteiger partial charge in [0, 0.05) is 17.6 Å². The lowest BCUT2D eigenvalue weighted by atomic mass is 10.1. The van der Waals surface area contributed by atoms with Crippen molar-refractivity contribution in [2.24, 2.45) is 0 Å². The van der Waals surface area contributed by atoms with E-state index in [1.54, 1.807) is 31.2 Å². The molecule has 2 aromatic carbocycles. The minimum atomic E-state index is -4.38. The monoisotopic (exact) mass is 474 g/mol. The molecule has 2 rings (SSSR count). The molecule has 11 heteroatoms. The lowest BCUT2D eigenvalue weighted by Gasteiger charge is -2.35. The molecule has 0 radical (unpaired) electrons. The largest absolute Gasteiger partial charge is 0.465 e. The minimum Gasteiger partial charge on any atom is -0.465 e. The average molecular weight is 475 g/mol. The van der Waals surface area contributed by atoms with Crippen LogP contribution in [0.25, 0.3) is 0 Å². The summed E-state index contributed by atoms with van der Waals surface area (Å²) < 4.78 is 33.0. The summed E-state index contributed by atoms with van der Waals surface area (Å²) >= 11 is 11.8. The van der Waals surface area contributed by atoms with Crippen LogP contribution in [-0.4, -0.2) is 35.8 Å². The maximum Gasteiger partial charge on any atom is 0.327 e. The molecular weight excluding hydrogens is 455 g/mol. The first-order valence-electron chi connectivity index (χ1n) is 8.79. The fourth-order valence-corrected chi connectivity index (χ4v) is 4.86. The topological polar surface area (TPSA) is 107 Å². The molecule has 0 amide bonds. The molecule has 0 atom stereocenters. The summed E-state index contributed by atoms with van der Waals surface area (Å²) in [5.74, 6) is -0.765. The van der Waals surface area contributed by atoms with E-state index in [4.69, 9.17) is 27.9 Å². The Kier molecular flexibility index (Phi) is 7.46. The zero-order valence-electron chi connectivity index (χ0n) is 16.5. The van der Waals surface area contributed by atoms with Crippen molar-refractivity contribution in [3.05, 3.63) is 68.2 Å². The first kappa shape index (κ1) is 24.1. The molecule has 0 aliphatic carbocycles. The lowest BCUT2D eigenvalue weighted by Crippen LogP contribution is -2.53. The normalized spacial score (nSPS) is 12.1. The van der Waals surface area contributed by atoms with Crippen molar-refractivity contribution in [1.29, 1.82) is 0 Å². The summed E-state index contributed by atoms with van der Waals surface area (Å²) in [5.41, 5.74) is -1.66. The van der Waals surface area contributed by atoms with Crippen LogP contribution in [-0.2, 0) is 26.1 Å². The van der Waals surface area contributed by atoms with Gasteiger partial charge in [0.1, 0.15) is 10.6 Å². The summed E-state index contributed by atoms with van der Waals surface area (Å²) in [4.78, 5) is 22.6. The van der Waals surface area contributed by atoms with E-state index >= 15 is 0 Å². The Balaban J connectivity index is 2.64. The van der Waals surface area contributed by atoms with Gasteiger partial charge in [0.2, 0.25) is 10.0 Å². The Labute approximate surface area is 184 Å². The first-order chi connectivity index (χ1) is 13.9. The Morgan fingerprint density at radius 2 is 1.87 bits per heavy atom. The Morgan fingerprint density at radius 3 is 2.43 bits per heavy atom. The number of carbonyl (C=O) groups excluding carboxylic acids is 1. The first-order valence-corrected chi connectivity index (χ1v) is 11.0. The number of ether oxygens (including phenoxy) is 1. The van der Waals surface area contributed by atoms with Crippen LogP contribution in [0, 0.1) is 10.1 Å². The van der Waals surface area contributed by atoms with E-state index in [9.17, 15) is 23.3 Å². The summed E-state index contributed by atoms with van der Waals surface area (Å²) in [5, 5.41) is 11.4. The Hall–Kier alpha value is -2.20. The molecule has 0 aliphatic heterocycles. The molecule has 0 aromatic heterocycles. The molecule has 0 saturated carbocycles. The highest BCUT2D eigenvalue weighted by molar-refractivity contribution is 7.89. The number of sulfonamides is 1. The number of hydrogen-bond donors (Lipinski definition) is 0. The summed E-state index contributed by atoms with van der Waals surface area (Å²) in [6.07, 6.45) is 0. The highest BCUT2D eigenvalue weighted by Crippen LogP contribution is 2.33. The number of hydrogen-bond acceptors (Lipinski definition) is 6. The van der Waals surface area contributed by atoms with Gasteiger partial charge in [-0.1, -0.05) is 35.3 Å². The highest BCUT2D eigenvalue weighted by atomic mass is 35.5. The number of nitro benzene ring substituents is 1. The second kappa shape index (κ2) is 9.30. The van der Waals surface area contributed by atoms with E-state index < -0.39 is 32.1 Å². The predicted octanol–water partition coefficient (Wildman–Crippen LogP) is 4.43. The van der Waals surface area contributed by atoms with Crippen LogP contribution in [0.15, 0.2) is 47.4 Å². The maximum atomic E-state index is 13.5. The molecule has 30 heavy (non-hydrogen) atoms. The van der Waals surface area contributed by atoms with Crippen LogP contribution in [0.3, 0.4) is 0 Å². The molecule has 0 N–H and O–H groups in total. The second-order valence-electron chi connectivity index (χ2n) is 6.79. The number of carbonyl (C=O) groups is 1. The molecule has 0 saturated heterocycles. The van der Waals surface area contributed by atoms with Crippen LogP contribution in [0.1, 0.15) is 26.3 Å². The molecular formula is C19H20Cl2N2O6S. The lowest BCUT2D eigenvalue weighted by molar-refractivity contribution is -0.384. The van der Waals surface area contributed by atoms with Crippen LogP contribution in [0.5, 0.6) is 0 Å². The van der Waals surface area contributed by atoms with Crippen LogP contribution in [0.2, 0.25) is 10.0 Å². The fraction of sp³-hybridized carbons (Fsp3) is 0.316. The molecule has 162 valence electrons. The molecule has 0 unspecified atom stereocenters. The van der Waals surface area contributed by atoms with Crippen molar-refractivity contribution in [3.63, 3.8) is 0 Å². The average Bonchev–Trinajstić information content (AvgIpc) is 2.66. The summed E-state index contributed by atoms with van der Waals surface area (Å²) in [7, 11) is -4.38. The van der Waals surface area contributed by atoms with Gasteiger partial charge in [-0.05, 0) is 50.6 Å². The van der Waals surface area contributed by atoms with Gasteiger partial charge >= 0.3 is 5.97 Å². The molecule has 0 aliphatic rings. The van der Waals surface area contributed by atoms with Crippen molar-refractivity contribution in [2.75, 3.05) is 6.61 Å². The molecule has 0 heterocycles. The van der Waals surface area contributed by atoms with E-state index in [0.717, 1.165) is 22.5 Å². The van der Waals surface area contributed by atoms with Gasteiger partial charge in [-0.3, -0.25) is 14.9 Å². The molecule has 8 nitrogen and oxygen atoms in total. The van der Waals surface area contributed by atoms with E-state index in [2.05, 4.69) is 0 Å². The Bertz CT molecular complexity index is 1070. The van der Waals surface area contributed by atoms with Crippen molar-refractivity contribution < 1.29 is 22.9 Å². The number of nitrogens with zero attached hydrogens (tertiary/aromatic N) is 2. The molecule has 0 spiro atoms. The van der Waals surface area contributed by atoms with E-state index in [0.29, 0.717) is 10.6 Å². The molecule has 0 fully saturated rings. The van der Waals surface area contributed by atoms with Crippen LogP contribution >= 0.6 is 23.2 Å². The van der Waals surface area contributed by atoms with Gasteiger partial charge < -0.3 is 4.74 Å². The number of benzene rings is 2. The second-order valence-corrected chi connectivity index (χ2v) is 9.50. The smallest absolute Gasteiger partial charge is 0.327 e.